The Labute approximate surface area is 150 Å². The van der Waals surface area contributed by atoms with Gasteiger partial charge < -0.3 is 24.3 Å². The lowest BCUT2D eigenvalue weighted by Crippen LogP contribution is -2.28. The van der Waals surface area contributed by atoms with Crippen molar-refractivity contribution < 1.29 is 23.8 Å². The first-order chi connectivity index (χ1) is 12.7. The fourth-order valence-electron chi connectivity index (χ4n) is 3.12. The Morgan fingerprint density at radius 3 is 3.04 bits per heavy atom. The van der Waals surface area contributed by atoms with Gasteiger partial charge >= 0.3 is 0 Å². The van der Waals surface area contributed by atoms with E-state index in [-0.39, 0.29) is 18.2 Å². The third kappa shape index (κ3) is 2.99. The minimum Gasteiger partial charge on any atom is -0.493 e. The zero-order valence-electron chi connectivity index (χ0n) is 14.3. The molecule has 1 atom stereocenters. The smallest absolute Gasteiger partial charge is 0.287 e. The van der Waals surface area contributed by atoms with Crippen LogP contribution in [0.3, 0.4) is 0 Å². The Balaban J connectivity index is 1.45. The first-order valence-corrected chi connectivity index (χ1v) is 8.44. The average molecular weight is 353 g/mol. The van der Waals surface area contributed by atoms with Gasteiger partial charge in [0.05, 0.1) is 19.8 Å². The van der Waals surface area contributed by atoms with E-state index in [1.165, 1.54) is 0 Å². The van der Waals surface area contributed by atoms with Gasteiger partial charge in [-0.15, -0.1) is 0 Å². The number of hydrogen-bond donors (Lipinski definition) is 2. The summed E-state index contributed by atoms with van der Waals surface area (Å²) >= 11 is 0. The summed E-state index contributed by atoms with van der Waals surface area (Å²) in [6.07, 6.45) is 0.0343. The molecule has 4 rings (SSSR count). The van der Waals surface area contributed by atoms with E-state index in [0.29, 0.717) is 17.9 Å². The normalized spacial score (nSPS) is 13.9. The van der Waals surface area contributed by atoms with Gasteiger partial charge in [-0.05, 0) is 35.4 Å². The Kier molecular flexibility index (Phi) is 4.26. The molecule has 6 nitrogen and oxygen atoms in total. The molecule has 1 aliphatic rings. The monoisotopic (exact) mass is 353 g/mol. The Morgan fingerprint density at radius 2 is 2.19 bits per heavy atom. The summed E-state index contributed by atoms with van der Waals surface area (Å²) in [5, 5.41) is 13.9. The summed E-state index contributed by atoms with van der Waals surface area (Å²) in [4.78, 5) is 12.4. The van der Waals surface area contributed by atoms with Gasteiger partial charge in [0, 0.05) is 18.4 Å². The maximum atomic E-state index is 12.4. The first-order valence-electron chi connectivity index (χ1n) is 8.44. The van der Waals surface area contributed by atoms with E-state index in [1.807, 2.05) is 30.3 Å². The van der Waals surface area contributed by atoms with Gasteiger partial charge in [-0.2, -0.15) is 0 Å². The van der Waals surface area contributed by atoms with Crippen LogP contribution in [0.5, 0.6) is 11.5 Å². The second-order valence-electron chi connectivity index (χ2n) is 6.18. The van der Waals surface area contributed by atoms with Crippen molar-refractivity contribution in [3.05, 3.63) is 59.4 Å². The first kappa shape index (κ1) is 16.5. The van der Waals surface area contributed by atoms with E-state index in [2.05, 4.69) is 5.32 Å². The molecule has 1 aliphatic heterocycles. The van der Waals surface area contributed by atoms with Crippen molar-refractivity contribution in [3.8, 4) is 11.5 Å². The van der Waals surface area contributed by atoms with Crippen LogP contribution in [-0.2, 0) is 6.42 Å². The van der Waals surface area contributed by atoms with E-state index in [4.69, 9.17) is 13.9 Å². The molecule has 2 N–H and O–H groups in total. The van der Waals surface area contributed by atoms with Crippen LogP contribution in [0.4, 0.5) is 0 Å². The molecule has 3 aromatic rings. The Hall–Kier alpha value is -2.99. The lowest BCUT2D eigenvalue weighted by molar-refractivity contribution is 0.0891. The van der Waals surface area contributed by atoms with Crippen molar-refractivity contribution in [1.29, 1.82) is 0 Å². The molecule has 0 bridgehead atoms. The van der Waals surface area contributed by atoms with Crippen molar-refractivity contribution in [2.45, 2.75) is 12.5 Å². The van der Waals surface area contributed by atoms with Gasteiger partial charge in [0.2, 0.25) is 0 Å². The highest BCUT2D eigenvalue weighted by Crippen LogP contribution is 2.29. The van der Waals surface area contributed by atoms with Crippen LogP contribution in [0.15, 0.2) is 46.9 Å². The zero-order valence-corrected chi connectivity index (χ0v) is 14.3. The summed E-state index contributed by atoms with van der Waals surface area (Å²) in [7, 11) is 1.55. The average Bonchev–Trinajstić information content (AvgIpc) is 3.31. The van der Waals surface area contributed by atoms with Gasteiger partial charge in [0.25, 0.3) is 5.91 Å². The van der Waals surface area contributed by atoms with Crippen LogP contribution in [0.1, 0.15) is 27.8 Å². The number of para-hydroxylation sites is 1. The molecule has 1 aromatic heterocycles. The van der Waals surface area contributed by atoms with E-state index >= 15 is 0 Å². The van der Waals surface area contributed by atoms with Crippen molar-refractivity contribution in [1.82, 2.24) is 5.32 Å². The Bertz CT molecular complexity index is 962. The van der Waals surface area contributed by atoms with Gasteiger partial charge in [-0.25, -0.2) is 0 Å². The third-order valence-corrected chi connectivity index (χ3v) is 4.51. The van der Waals surface area contributed by atoms with E-state index in [0.717, 1.165) is 28.7 Å². The highest BCUT2D eigenvalue weighted by Gasteiger charge is 2.18. The standard InChI is InChI=1S/C20H19NO5/c1-24-17-4-2-3-14-10-18(26-19(14)17)20(23)21-11-15(22)12-5-6-16-13(9-12)7-8-25-16/h2-6,9-10,15,22H,7-8,11H2,1H3,(H,21,23). The molecule has 1 amide bonds. The third-order valence-electron chi connectivity index (χ3n) is 4.51. The van der Waals surface area contributed by atoms with Crippen molar-refractivity contribution in [2.24, 2.45) is 0 Å². The topological polar surface area (TPSA) is 80.9 Å². The molecular weight excluding hydrogens is 334 g/mol. The van der Waals surface area contributed by atoms with E-state index in [9.17, 15) is 9.90 Å². The highest BCUT2D eigenvalue weighted by atomic mass is 16.5. The molecule has 2 aromatic carbocycles. The second kappa shape index (κ2) is 6.72. The Morgan fingerprint density at radius 1 is 1.31 bits per heavy atom. The fraction of sp³-hybridized carbons (Fsp3) is 0.250. The summed E-state index contributed by atoms with van der Waals surface area (Å²) in [5.41, 5.74) is 2.36. The zero-order chi connectivity index (χ0) is 18.1. The minimum atomic E-state index is -0.802. The lowest BCUT2D eigenvalue weighted by Gasteiger charge is -2.12. The summed E-state index contributed by atoms with van der Waals surface area (Å²) in [6.45, 7) is 0.758. The number of ether oxygens (including phenoxy) is 2. The number of carbonyl (C=O) groups is 1. The fourth-order valence-corrected chi connectivity index (χ4v) is 3.12. The molecule has 0 radical (unpaired) electrons. The number of furan rings is 1. The van der Waals surface area contributed by atoms with Crippen molar-refractivity contribution in [3.63, 3.8) is 0 Å². The summed E-state index contributed by atoms with van der Waals surface area (Å²) < 4.78 is 16.3. The molecule has 134 valence electrons. The molecular formula is C20H19NO5. The lowest BCUT2D eigenvalue weighted by atomic mass is 10.0. The predicted molar refractivity (Wildman–Crippen MR) is 95.7 cm³/mol. The molecule has 0 aliphatic carbocycles. The molecule has 1 unspecified atom stereocenters. The van der Waals surface area contributed by atoms with Gasteiger partial charge in [0.1, 0.15) is 5.75 Å². The van der Waals surface area contributed by atoms with E-state index in [1.54, 1.807) is 19.2 Å². The number of aliphatic hydroxyl groups is 1. The maximum absolute atomic E-state index is 12.4. The second-order valence-corrected chi connectivity index (χ2v) is 6.18. The molecule has 0 saturated carbocycles. The number of carbonyl (C=O) groups excluding carboxylic acids is 1. The van der Waals surface area contributed by atoms with Crippen LogP contribution in [0.25, 0.3) is 11.0 Å². The number of aliphatic hydroxyl groups excluding tert-OH is 1. The maximum Gasteiger partial charge on any atom is 0.287 e. The van der Waals surface area contributed by atoms with Gasteiger partial charge in [0.15, 0.2) is 17.1 Å². The van der Waals surface area contributed by atoms with Crippen LogP contribution in [0.2, 0.25) is 0 Å². The van der Waals surface area contributed by atoms with Crippen molar-refractivity contribution >= 4 is 16.9 Å². The van der Waals surface area contributed by atoms with E-state index < -0.39 is 6.10 Å². The molecule has 6 heteroatoms. The van der Waals surface area contributed by atoms with Gasteiger partial charge in [-0.3, -0.25) is 4.79 Å². The van der Waals surface area contributed by atoms with Crippen LogP contribution in [-0.4, -0.2) is 31.3 Å². The number of fused-ring (bicyclic) bond motifs is 2. The predicted octanol–water partition coefficient (Wildman–Crippen LogP) is 2.84. The number of methoxy groups -OCH3 is 1. The van der Waals surface area contributed by atoms with Crippen LogP contribution in [0, 0.1) is 0 Å². The number of hydrogen-bond acceptors (Lipinski definition) is 5. The largest absolute Gasteiger partial charge is 0.493 e. The van der Waals surface area contributed by atoms with Gasteiger partial charge in [-0.1, -0.05) is 18.2 Å². The SMILES string of the molecule is COc1cccc2cc(C(=O)NCC(O)c3ccc4c(c3)CCO4)oc12. The minimum absolute atomic E-state index is 0.0899. The number of nitrogens with one attached hydrogen (secondary N) is 1. The highest BCUT2D eigenvalue weighted by molar-refractivity contribution is 5.97. The summed E-state index contributed by atoms with van der Waals surface area (Å²) in [5.74, 6) is 1.23. The quantitative estimate of drug-likeness (QED) is 0.737. The number of benzene rings is 2. The van der Waals surface area contributed by atoms with Crippen LogP contribution >= 0.6 is 0 Å². The number of amides is 1. The molecule has 2 heterocycles. The molecule has 0 fully saturated rings. The number of rotatable bonds is 5. The molecule has 0 spiro atoms. The van der Waals surface area contributed by atoms with Crippen molar-refractivity contribution in [2.75, 3.05) is 20.3 Å². The molecule has 26 heavy (non-hydrogen) atoms. The van der Waals surface area contributed by atoms with Crippen LogP contribution < -0.4 is 14.8 Å². The molecule has 0 saturated heterocycles. The summed E-state index contributed by atoms with van der Waals surface area (Å²) in [6, 6.07) is 12.7.